The van der Waals surface area contributed by atoms with Gasteiger partial charge >= 0.3 is 0 Å². The largest absolute Gasteiger partial charge is 0.399 e. The van der Waals surface area contributed by atoms with Gasteiger partial charge in [0.25, 0.3) is 0 Å². The third-order valence-electron chi connectivity index (χ3n) is 3.41. The molecule has 1 nitrogen and oxygen atoms in total. The molecule has 0 aromatic heterocycles. The highest BCUT2D eigenvalue weighted by Gasteiger charge is 1.95. The first-order valence-corrected chi connectivity index (χ1v) is 7.01. The Morgan fingerprint density at radius 3 is 1.05 bits per heavy atom. The summed E-state index contributed by atoms with van der Waals surface area (Å²) in [7, 11) is 0. The van der Waals surface area contributed by atoms with E-state index in [1.807, 2.05) is 30.3 Å². The second-order valence-electron chi connectivity index (χ2n) is 4.96. The van der Waals surface area contributed by atoms with E-state index in [2.05, 4.69) is 60.7 Å². The van der Waals surface area contributed by atoms with Crippen LogP contribution in [0.4, 0.5) is 5.69 Å². The average molecular weight is 271 g/mol. The predicted molar refractivity (Wildman–Crippen MR) is 92.3 cm³/mol. The van der Waals surface area contributed by atoms with E-state index in [1.165, 1.54) is 21.5 Å². The van der Waals surface area contributed by atoms with Gasteiger partial charge in [0.05, 0.1) is 0 Å². The van der Waals surface area contributed by atoms with Crippen molar-refractivity contribution in [3.8, 4) is 0 Å². The fourth-order valence-electron chi connectivity index (χ4n) is 2.34. The van der Waals surface area contributed by atoms with Crippen LogP contribution in [0.1, 0.15) is 0 Å². The summed E-state index contributed by atoms with van der Waals surface area (Å²) in [5.74, 6) is 0. The molecule has 0 aliphatic rings. The third-order valence-corrected chi connectivity index (χ3v) is 3.41. The molecule has 0 aliphatic heterocycles. The Morgan fingerprint density at radius 1 is 0.429 bits per heavy atom. The Kier molecular flexibility index (Phi) is 3.83. The van der Waals surface area contributed by atoms with Gasteiger partial charge in [0.15, 0.2) is 0 Å². The van der Waals surface area contributed by atoms with Crippen molar-refractivity contribution in [2.24, 2.45) is 0 Å². The lowest BCUT2D eigenvalue weighted by atomic mass is 10.0. The van der Waals surface area contributed by atoms with Gasteiger partial charge in [-0.3, -0.25) is 0 Å². The molecular formula is C20H17N. The van der Waals surface area contributed by atoms with Gasteiger partial charge in [-0.1, -0.05) is 66.7 Å². The maximum Gasteiger partial charge on any atom is 0.0313 e. The molecule has 0 saturated heterocycles. The molecule has 0 amide bonds. The smallest absolute Gasteiger partial charge is 0.0313 e. The lowest BCUT2D eigenvalue weighted by Gasteiger charge is -2.00. The van der Waals surface area contributed by atoms with E-state index in [4.69, 9.17) is 5.73 Å². The molecule has 0 aliphatic carbocycles. The van der Waals surface area contributed by atoms with Gasteiger partial charge in [-0.2, -0.15) is 0 Å². The number of anilines is 1. The summed E-state index contributed by atoms with van der Waals surface area (Å²) in [6.45, 7) is 0. The minimum Gasteiger partial charge on any atom is -0.399 e. The number of hydrogen-bond donors (Lipinski definition) is 1. The number of fused-ring (bicyclic) bond motifs is 2. The molecule has 0 bridgehead atoms. The van der Waals surface area contributed by atoms with Crippen molar-refractivity contribution in [2.45, 2.75) is 0 Å². The minimum absolute atomic E-state index is 0.822. The van der Waals surface area contributed by atoms with Crippen LogP contribution in [0.15, 0.2) is 91.0 Å². The van der Waals surface area contributed by atoms with E-state index in [-0.39, 0.29) is 0 Å². The van der Waals surface area contributed by atoms with Crippen molar-refractivity contribution in [3.05, 3.63) is 91.0 Å². The molecule has 0 spiro atoms. The summed E-state index contributed by atoms with van der Waals surface area (Å²) in [6.07, 6.45) is 0. The molecule has 4 aromatic carbocycles. The molecule has 21 heavy (non-hydrogen) atoms. The lowest BCUT2D eigenvalue weighted by Crippen LogP contribution is -1.79. The molecule has 2 N–H and O–H groups in total. The second-order valence-corrected chi connectivity index (χ2v) is 4.96. The molecule has 0 radical (unpaired) electrons. The van der Waals surface area contributed by atoms with Crippen molar-refractivity contribution in [3.63, 3.8) is 0 Å². The van der Waals surface area contributed by atoms with E-state index in [0.717, 1.165) is 5.69 Å². The fourth-order valence-corrected chi connectivity index (χ4v) is 2.34. The van der Waals surface area contributed by atoms with Gasteiger partial charge in [0, 0.05) is 5.69 Å². The van der Waals surface area contributed by atoms with Crippen LogP contribution in [-0.4, -0.2) is 0 Å². The summed E-state index contributed by atoms with van der Waals surface area (Å²) in [4.78, 5) is 0. The maximum absolute atomic E-state index is 5.36. The highest BCUT2D eigenvalue weighted by molar-refractivity contribution is 5.98. The first-order chi connectivity index (χ1) is 10.3. The number of para-hydroxylation sites is 1. The number of rotatable bonds is 0. The van der Waals surface area contributed by atoms with Crippen LogP contribution in [0.2, 0.25) is 0 Å². The zero-order valence-corrected chi connectivity index (χ0v) is 11.7. The van der Waals surface area contributed by atoms with Gasteiger partial charge in [0.1, 0.15) is 0 Å². The van der Waals surface area contributed by atoms with Crippen LogP contribution in [0.3, 0.4) is 0 Å². The Hall–Kier alpha value is -2.80. The summed E-state index contributed by atoms with van der Waals surface area (Å²) in [5, 5.41) is 5.25. The number of nitrogens with two attached hydrogens (primary N) is 1. The first-order valence-electron chi connectivity index (χ1n) is 7.01. The Morgan fingerprint density at radius 2 is 0.762 bits per heavy atom. The molecule has 0 atom stereocenters. The van der Waals surface area contributed by atoms with Crippen LogP contribution >= 0.6 is 0 Å². The topological polar surface area (TPSA) is 26.0 Å². The van der Waals surface area contributed by atoms with Gasteiger partial charge in [-0.15, -0.1) is 0 Å². The Bertz CT molecular complexity index is 746. The molecule has 4 aromatic rings. The summed E-state index contributed by atoms with van der Waals surface area (Å²) in [6, 6.07) is 30.9. The standard InChI is InChI=1S/C14H10.C6H7N/c1-2-6-12-10-14-8-4-3-7-13(14)9-11(12)5-1;7-6-4-2-1-3-5-6/h1-10H;1-5H,7H2. The van der Waals surface area contributed by atoms with Crippen molar-refractivity contribution >= 4 is 27.2 Å². The highest BCUT2D eigenvalue weighted by Crippen LogP contribution is 2.21. The van der Waals surface area contributed by atoms with E-state index in [1.54, 1.807) is 0 Å². The second kappa shape index (κ2) is 6.10. The van der Waals surface area contributed by atoms with Gasteiger partial charge in [0.2, 0.25) is 0 Å². The van der Waals surface area contributed by atoms with Crippen molar-refractivity contribution in [2.75, 3.05) is 5.73 Å². The SMILES string of the molecule is Nc1ccccc1.c1ccc2cc3ccccc3cc2c1. The van der Waals surface area contributed by atoms with Gasteiger partial charge in [-0.05, 0) is 45.8 Å². The minimum atomic E-state index is 0.822. The van der Waals surface area contributed by atoms with Crippen molar-refractivity contribution in [1.29, 1.82) is 0 Å². The molecular weight excluding hydrogens is 254 g/mol. The number of hydrogen-bond acceptors (Lipinski definition) is 1. The van der Waals surface area contributed by atoms with Gasteiger partial charge in [-0.25, -0.2) is 0 Å². The van der Waals surface area contributed by atoms with Crippen LogP contribution in [0.25, 0.3) is 21.5 Å². The zero-order chi connectivity index (χ0) is 14.5. The summed E-state index contributed by atoms with van der Waals surface area (Å²) in [5.41, 5.74) is 6.18. The number of benzene rings is 4. The molecule has 0 fully saturated rings. The van der Waals surface area contributed by atoms with E-state index in [0.29, 0.717) is 0 Å². The molecule has 102 valence electrons. The normalized spacial score (nSPS) is 10.1. The quantitative estimate of drug-likeness (QED) is 0.342. The zero-order valence-electron chi connectivity index (χ0n) is 11.7. The maximum atomic E-state index is 5.36. The van der Waals surface area contributed by atoms with E-state index >= 15 is 0 Å². The van der Waals surface area contributed by atoms with E-state index < -0.39 is 0 Å². The number of nitrogen functional groups attached to an aromatic ring is 1. The summed E-state index contributed by atoms with van der Waals surface area (Å²) < 4.78 is 0. The van der Waals surface area contributed by atoms with Gasteiger partial charge < -0.3 is 5.73 Å². The molecule has 0 unspecified atom stereocenters. The predicted octanol–water partition coefficient (Wildman–Crippen LogP) is 5.26. The molecule has 0 saturated carbocycles. The van der Waals surface area contributed by atoms with Crippen LogP contribution in [0, 0.1) is 0 Å². The molecule has 0 heterocycles. The Balaban J connectivity index is 0.000000160. The monoisotopic (exact) mass is 271 g/mol. The van der Waals surface area contributed by atoms with Crippen LogP contribution in [-0.2, 0) is 0 Å². The van der Waals surface area contributed by atoms with Crippen LogP contribution < -0.4 is 5.73 Å². The Labute approximate surface area is 124 Å². The first kappa shape index (κ1) is 13.2. The van der Waals surface area contributed by atoms with Crippen molar-refractivity contribution < 1.29 is 0 Å². The molecule has 1 heteroatoms. The molecule has 4 rings (SSSR count). The third kappa shape index (κ3) is 3.21. The average Bonchev–Trinajstić information content (AvgIpc) is 2.54. The fraction of sp³-hybridized carbons (Fsp3) is 0. The van der Waals surface area contributed by atoms with E-state index in [9.17, 15) is 0 Å². The van der Waals surface area contributed by atoms with Crippen molar-refractivity contribution in [1.82, 2.24) is 0 Å². The lowest BCUT2D eigenvalue weighted by molar-refractivity contribution is 1.69. The highest BCUT2D eigenvalue weighted by atomic mass is 14.5. The summed E-state index contributed by atoms with van der Waals surface area (Å²) >= 11 is 0. The van der Waals surface area contributed by atoms with Crippen LogP contribution in [0.5, 0.6) is 0 Å².